The maximum absolute atomic E-state index is 12.9. The molecule has 0 rings (SSSR count). The Morgan fingerprint density at radius 3 is 0.829 bits per heavy atom. The summed E-state index contributed by atoms with van der Waals surface area (Å²) in [6, 6.07) is 0. The van der Waals surface area contributed by atoms with E-state index in [9.17, 15) is 14.4 Å². The lowest BCUT2D eigenvalue weighted by Crippen LogP contribution is -2.30. The summed E-state index contributed by atoms with van der Waals surface area (Å²) >= 11 is 0. The maximum atomic E-state index is 12.9. The molecule has 0 fully saturated rings. The standard InChI is InChI=1S/C70H120O6/c1-4-7-10-13-16-19-22-25-28-31-32-33-34-35-36-37-38-40-42-45-48-51-54-57-60-63-69(72)75-66-67(65-74-68(71)62-59-56-53-50-47-44-41-30-27-24-21-18-15-12-9-6-3)76-70(73)64-61-58-55-52-49-46-43-39-29-26-23-20-17-14-11-8-5-2/h7,10,16,19,25,28,30,32-33,35-36,38,40-41,45,48,67H,4-6,8-9,11-15,17-18,20-24,26-27,29,31,34,37,39,42-44,46-47,49-66H2,1-3H3/b10-7-,19-16-,28-25-,33-32-,36-35-,40-38-,41-30-,48-45-. The first-order valence-electron chi connectivity index (χ1n) is 32.2. The Balaban J connectivity index is 4.43. The van der Waals surface area contributed by atoms with Gasteiger partial charge in [-0.3, -0.25) is 14.4 Å². The minimum atomic E-state index is -0.795. The van der Waals surface area contributed by atoms with E-state index in [1.807, 2.05) is 0 Å². The van der Waals surface area contributed by atoms with Gasteiger partial charge in [0.05, 0.1) is 0 Å². The van der Waals surface area contributed by atoms with Crippen LogP contribution in [0.15, 0.2) is 97.2 Å². The summed E-state index contributed by atoms with van der Waals surface area (Å²) in [6.07, 6.45) is 85.5. The second-order valence-corrected chi connectivity index (χ2v) is 21.3. The molecule has 0 radical (unpaired) electrons. The van der Waals surface area contributed by atoms with Gasteiger partial charge >= 0.3 is 17.9 Å². The van der Waals surface area contributed by atoms with Gasteiger partial charge in [0, 0.05) is 19.3 Å². The quantitative estimate of drug-likeness (QED) is 0.0261. The van der Waals surface area contributed by atoms with E-state index in [0.717, 1.165) is 116 Å². The number of allylic oxidation sites excluding steroid dienone is 16. The molecule has 0 amide bonds. The zero-order valence-electron chi connectivity index (χ0n) is 50.0. The third-order valence-electron chi connectivity index (χ3n) is 13.8. The van der Waals surface area contributed by atoms with E-state index in [-0.39, 0.29) is 31.1 Å². The van der Waals surface area contributed by atoms with Gasteiger partial charge in [-0.2, -0.15) is 0 Å². The lowest BCUT2D eigenvalue weighted by atomic mass is 10.0. The van der Waals surface area contributed by atoms with E-state index in [1.54, 1.807) is 0 Å². The molecule has 0 bridgehead atoms. The van der Waals surface area contributed by atoms with Gasteiger partial charge in [-0.25, -0.2) is 0 Å². The fraction of sp³-hybridized carbons (Fsp3) is 0.729. The van der Waals surface area contributed by atoms with Gasteiger partial charge in [-0.1, -0.05) is 285 Å². The number of carbonyl (C=O) groups excluding carboxylic acids is 3. The van der Waals surface area contributed by atoms with E-state index < -0.39 is 6.10 Å². The molecule has 0 aliphatic heterocycles. The first-order chi connectivity index (χ1) is 37.5. The minimum Gasteiger partial charge on any atom is -0.462 e. The molecule has 0 aromatic rings. The first kappa shape index (κ1) is 72.3. The Kier molecular flexibility index (Phi) is 60.8. The molecule has 0 spiro atoms. The predicted octanol–water partition coefficient (Wildman–Crippen LogP) is 22.0. The zero-order valence-corrected chi connectivity index (χ0v) is 50.0. The van der Waals surface area contributed by atoms with E-state index in [1.165, 1.54) is 154 Å². The molecular formula is C70H120O6. The topological polar surface area (TPSA) is 78.9 Å². The van der Waals surface area contributed by atoms with Crippen molar-refractivity contribution in [2.24, 2.45) is 0 Å². The highest BCUT2D eigenvalue weighted by Crippen LogP contribution is 2.16. The highest BCUT2D eigenvalue weighted by atomic mass is 16.6. The molecule has 0 aliphatic rings. The Labute approximate surface area is 470 Å². The number of unbranched alkanes of at least 4 members (excludes halogenated alkanes) is 31. The summed E-state index contributed by atoms with van der Waals surface area (Å²) in [5.74, 6) is -0.919. The predicted molar refractivity (Wildman–Crippen MR) is 330 cm³/mol. The van der Waals surface area contributed by atoms with Gasteiger partial charge in [0.2, 0.25) is 0 Å². The van der Waals surface area contributed by atoms with Crippen LogP contribution in [0, 0.1) is 0 Å². The average Bonchev–Trinajstić information content (AvgIpc) is 3.42. The van der Waals surface area contributed by atoms with Gasteiger partial charge < -0.3 is 14.2 Å². The number of hydrogen-bond donors (Lipinski definition) is 0. The van der Waals surface area contributed by atoms with Gasteiger partial charge in [-0.05, 0) is 103 Å². The number of ether oxygens (including phenoxy) is 3. The molecule has 1 unspecified atom stereocenters. The van der Waals surface area contributed by atoms with Crippen molar-refractivity contribution in [1.82, 2.24) is 0 Å². The second-order valence-electron chi connectivity index (χ2n) is 21.3. The third-order valence-corrected chi connectivity index (χ3v) is 13.8. The smallest absolute Gasteiger partial charge is 0.306 e. The van der Waals surface area contributed by atoms with E-state index in [4.69, 9.17) is 14.2 Å². The highest BCUT2D eigenvalue weighted by molar-refractivity contribution is 5.71. The molecule has 0 N–H and O–H groups in total. The summed E-state index contributed by atoms with van der Waals surface area (Å²) in [7, 11) is 0. The van der Waals surface area contributed by atoms with Gasteiger partial charge in [0.15, 0.2) is 6.10 Å². The van der Waals surface area contributed by atoms with Crippen LogP contribution in [0.1, 0.15) is 310 Å². The largest absolute Gasteiger partial charge is 0.462 e. The summed E-state index contributed by atoms with van der Waals surface area (Å²) in [5.41, 5.74) is 0. The van der Waals surface area contributed by atoms with Gasteiger partial charge in [0.25, 0.3) is 0 Å². The average molecular weight is 1060 g/mol. The molecule has 0 saturated heterocycles. The van der Waals surface area contributed by atoms with Crippen LogP contribution in [-0.2, 0) is 28.6 Å². The normalized spacial score (nSPS) is 12.7. The van der Waals surface area contributed by atoms with Gasteiger partial charge in [0.1, 0.15) is 13.2 Å². The van der Waals surface area contributed by atoms with Crippen molar-refractivity contribution in [2.45, 2.75) is 316 Å². The Morgan fingerprint density at radius 1 is 0.276 bits per heavy atom. The molecule has 76 heavy (non-hydrogen) atoms. The second kappa shape index (κ2) is 63.9. The number of esters is 3. The van der Waals surface area contributed by atoms with Crippen molar-refractivity contribution in [3.8, 4) is 0 Å². The molecular weight excluding hydrogens is 937 g/mol. The Hall–Kier alpha value is -3.67. The lowest BCUT2D eigenvalue weighted by Gasteiger charge is -2.18. The molecule has 0 saturated carbocycles. The molecule has 6 heteroatoms. The summed E-state index contributed by atoms with van der Waals surface area (Å²) in [5, 5.41) is 0. The highest BCUT2D eigenvalue weighted by Gasteiger charge is 2.19. The third kappa shape index (κ3) is 61.2. The zero-order chi connectivity index (χ0) is 55.0. The van der Waals surface area contributed by atoms with Crippen LogP contribution >= 0.6 is 0 Å². The van der Waals surface area contributed by atoms with Crippen LogP contribution in [-0.4, -0.2) is 37.2 Å². The Bertz CT molecular complexity index is 1490. The van der Waals surface area contributed by atoms with Crippen LogP contribution in [0.25, 0.3) is 0 Å². The summed E-state index contributed by atoms with van der Waals surface area (Å²) in [6.45, 7) is 6.52. The monoisotopic (exact) mass is 1060 g/mol. The molecule has 0 heterocycles. The van der Waals surface area contributed by atoms with Crippen LogP contribution in [0.3, 0.4) is 0 Å². The molecule has 436 valence electrons. The molecule has 1 atom stereocenters. The van der Waals surface area contributed by atoms with Crippen molar-refractivity contribution in [1.29, 1.82) is 0 Å². The lowest BCUT2D eigenvalue weighted by molar-refractivity contribution is -0.167. The SMILES string of the molecule is CC/C=C\C/C=C\C/C=C\C/C=C\C/C=C\C/C=C\C/C=C\CCCCCC(=O)OCC(COC(=O)CCCCCCC/C=C\CCCCCCCCC)OC(=O)CCCCCCCCCCCCCCCCCCC. The van der Waals surface area contributed by atoms with Crippen LogP contribution in [0.4, 0.5) is 0 Å². The minimum absolute atomic E-state index is 0.0903. The fourth-order valence-corrected chi connectivity index (χ4v) is 9.01. The number of hydrogen-bond acceptors (Lipinski definition) is 6. The van der Waals surface area contributed by atoms with Crippen LogP contribution in [0.2, 0.25) is 0 Å². The van der Waals surface area contributed by atoms with E-state index in [0.29, 0.717) is 19.3 Å². The van der Waals surface area contributed by atoms with Crippen molar-refractivity contribution in [3.05, 3.63) is 97.2 Å². The molecule has 0 aromatic carbocycles. The molecule has 0 aromatic heterocycles. The maximum Gasteiger partial charge on any atom is 0.306 e. The van der Waals surface area contributed by atoms with E-state index >= 15 is 0 Å². The summed E-state index contributed by atoms with van der Waals surface area (Å²) in [4.78, 5) is 38.3. The van der Waals surface area contributed by atoms with Crippen molar-refractivity contribution >= 4 is 17.9 Å². The van der Waals surface area contributed by atoms with Crippen molar-refractivity contribution in [3.63, 3.8) is 0 Å². The van der Waals surface area contributed by atoms with Crippen molar-refractivity contribution < 1.29 is 28.6 Å². The van der Waals surface area contributed by atoms with Crippen LogP contribution < -0.4 is 0 Å². The Morgan fingerprint density at radius 2 is 0.513 bits per heavy atom. The van der Waals surface area contributed by atoms with E-state index in [2.05, 4.69) is 118 Å². The number of rotatable bonds is 58. The van der Waals surface area contributed by atoms with Crippen LogP contribution in [0.5, 0.6) is 0 Å². The fourth-order valence-electron chi connectivity index (χ4n) is 9.01. The van der Waals surface area contributed by atoms with Gasteiger partial charge in [-0.15, -0.1) is 0 Å². The molecule has 6 nitrogen and oxygen atoms in total. The summed E-state index contributed by atoms with van der Waals surface area (Å²) < 4.78 is 16.9. The van der Waals surface area contributed by atoms with Crippen molar-refractivity contribution in [2.75, 3.05) is 13.2 Å². The number of carbonyl (C=O) groups is 3. The first-order valence-corrected chi connectivity index (χ1v) is 32.2. The molecule has 0 aliphatic carbocycles.